The Bertz CT molecular complexity index is 1050. The molecule has 0 aromatic heterocycles. The minimum Gasteiger partial charge on any atom is -0.388 e. The highest BCUT2D eigenvalue weighted by Gasteiger charge is 2.78. The van der Waals surface area contributed by atoms with Crippen molar-refractivity contribution in [2.24, 2.45) is 5.92 Å². The zero-order chi connectivity index (χ0) is 33.4. The van der Waals surface area contributed by atoms with E-state index in [4.69, 9.17) is 0 Å². The Kier molecular flexibility index (Phi) is 8.85. The van der Waals surface area contributed by atoms with E-state index in [0.717, 1.165) is 0 Å². The van der Waals surface area contributed by atoms with E-state index in [1.165, 1.54) is 0 Å². The van der Waals surface area contributed by atoms with Crippen molar-refractivity contribution >= 4 is 0 Å². The average Bonchev–Trinajstić information content (AvgIpc) is 2.74. The molecule has 0 aliphatic rings. The molecule has 0 heterocycles. The third-order valence-electron chi connectivity index (χ3n) is 5.40. The molecule has 1 aromatic rings. The third kappa shape index (κ3) is 5.48. The number of benzene rings is 1. The summed E-state index contributed by atoms with van der Waals surface area (Å²) in [5, 5.41) is 9.97. The molecule has 1 nitrogen and oxygen atoms in total. The summed E-state index contributed by atoms with van der Waals surface area (Å²) in [6, 6.07) is -3.60. The van der Waals surface area contributed by atoms with Gasteiger partial charge >= 0.3 is 54.1 Å². The van der Waals surface area contributed by atoms with Crippen LogP contribution in [0.4, 0.5) is 92.2 Å². The van der Waals surface area contributed by atoms with Crippen LogP contribution in [0.2, 0.25) is 0 Å². The van der Waals surface area contributed by atoms with Gasteiger partial charge in [-0.25, -0.2) is 0 Å². The molecule has 1 atom stereocenters. The molecule has 0 aliphatic carbocycles. The molecular formula is C19H11F21O. The van der Waals surface area contributed by atoms with E-state index in [1.807, 2.05) is 0 Å². The summed E-state index contributed by atoms with van der Waals surface area (Å²) in [4.78, 5) is 0. The van der Waals surface area contributed by atoms with Gasteiger partial charge in [0.2, 0.25) is 0 Å². The Hall–Kier alpha value is -2.29. The van der Waals surface area contributed by atoms with Gasteiger partial charge < -0.3 is 5.11 Å². The maximum Gasteiger partial charge on any atom is 0.460 e. The molecular weight excluding hydrogens is 643 g/mol. The van der Waals surface area contributed by atoms with Gasteiger partial charge in [0.1, 0.15) is 0 Å². The van der Waals surface area contributed by atoms with E-state index in [2.05, 4.69) is 0 Å². The van der Waals surface area contributed by atoms with Crippen molar-refractivity contribution in [3.8, 4) is 0 Å². The van der Waals surface area contributed by atoms with Crippen LogP contribution < -0.4 is 0 Å². The van der Waals surface area contributed by atoms with Crippen LogP contribution in [0, 0.1) is 5.92 Å². The van der Waals surface area contributed by atoms with Gasteiger partial charge in [0, 0.05) is 16.7 Å². The molecule has 0 bridgehead atoms. The molecule has 1 unspecified atom stereocenters. The van der Waals surface area contributed by atoms with Crippen LogP contribution in [0.25, 0.3) is 0 Å². The zero-order valence-electron chi connectivity index (χ0n) is 19.2. The fourth-order valence-electron chi connectivity index (χ4n) is 3.06. The number of hydrogen-bond donors (Lipinski definition) is 1. The Morgan fingerprint density at radius 1 is 0.463 bits per heavy atom. The quantitative estimate of drug-likeness (QED) is 0.277. The van der Waals surface area contributed by atoms with Crippen LogP contribution >= 0.6 is 0 Å². The minimum absolute atomic E-state index is 0.443. The molecule has 22 heteroatoms. The first-order valence-corrected chi connectivity index (χ1v) is 9.91. The van der Waals surface area contributed by atoms with Gasteiger partial charge in [-0.2, -0.15) is 92.2 Å². The number of aliphatic hydroxyl groups excluding tert-OH is 1. The molecule has 0 spiro atoms. The van der Waals surface area contributed by atoms with Crippen LogP contribution in [0.5, 0.6) is 0 Å². The summed E-state index contributed by atoms with van der Waals surface area (Å²) in [5.74, 6) is -47.2. The molecule has 0 fully saturated rings. The monoisotopic (exact) mass is 654 g/mol. The summed E-state index contributed by atoms with van der Waals surface area (Å²) in [7, 11) is 0. The number of hydrogen-bond acceptors (Lipinski definition) is 1. The predicted molar refractivity (Wildman–Crippen MR) is 90.9 cm³/mol. The first-order chi connectivity index (χ1) is 17.6. The largest absolute Gasteiger partial charge is 0.460 e. The summed E-state index contributed by atoms with van der Waals surface area (Å²) in [6.45, 7) is 0.886. The van der Waals surface area contributed by atoms with E-state index in [9.17, 15) is 97.3 Å². The van der Waals surface area contributed by atoms with E-state index >= 15 is 0 Å². The number of halogens is 21. The average molecular weight is 654 g/mol. The van der Waals surface area contributed by atoms with Crippen molar-refractivity contribution in [3.05, 3.63) is 34.4 Å². The van der Waals surface area contributed by atoms with Crippen LogP contribution in [-0.4, -0.2) is 41.4 Å². The van der Waals surface area contributed by atoms with Gasteiger partial charge in [-0.1, -0.05) is 13.8 Å². The molecule has 0 saturated heterocycles. The van der Waals surface area contributed by atoms with Gasteiger partial charge in [-0.3, -0.25) is 0 Å². The molecule has 0 amide bonds. The van der Waals surface area contributed by atoms with Gasteiger partial charge in [-0.15, -0.1) is 0 Å². The van der Waals surface area contributed by atoms with Crippen molar-refractivity contribution < 1.29 is 97.3 Å². The highest BCUT2D eigenvalue weighted by molar-refractivity contribution is 5.49. The van der Waals surface area contributed by atoms with Crippen molar-refractivity contribution in [1.82, 2.24) is 0 Å². The van der Waals surface area contributed by atoms with Crippen molar-refractivity contribution in [2.45, 2.75) is 74.0 Å². The second-order valence-corrected chi connectivity index (χ2v) is 8.61. The van der Waals surface area contributed by atoms with Gasteiger partial charge in [0.15, 0.2) is 0 Å². The summed E-state index contributed by atoms with van der Waals surface area (Å²) in [6.07, 6.45) is -26.2. The highest BCUT2D eigenvalue weighted by Crippen LogP contribution is 2.60. The van der Waals surface area contributed by atoms with Gasteiger partial charge in [0.05, 0.1) is 6.10 Å². The summed E-state index contributed by atoms with van der Waals surface area (Å²) < 4.78 is 283. The fourth-order valence-corrected chi connectivity index (χ4v) is 3.06. The van der Waals surface area contributed by atoms with Crippen molar-refractivity contribution in [1.29, 1.82) is 0 Å². The van der Waals surface area contributed by atoms with Gasteiger partial charge in [-0.05, 0) is 23.6 Å². The maximum atomic E-state index is 14.6. The van der Waals surface area contributed by atoms with Gasteiger partial charge in [0.25, 0.3) is 0 Å². The van der Waals surface area contributed by atoms with Crippen molar-refractivity contribution in [2.75, 3.05) is 0 Å². The highest BCUT2D eigenvalue weighted by atomic mass is 19.4. The van der Waals surface area contributed by atoms with Crippen LogP contribution in [0.3, 0.4) is 0 Å². The van der Waals surface area contributed by atoms with Crippen LogP contribution in [0.1, 0.15) is 42.2 Å². The second-order valence-electron chi connectivity index (χ2n) is 8.61. The van der Waals surface area contributed by atoms with Crippen LogP contribution in [0.15, 0.2) is 12.1 Å². The Morgan fingerprint density at radius 2 is 0.707 bits per heavy atom. The first kappa shape index (κ1) is 36.7. The first-order valence-electron chi connectivity index (χ1n) is 9.91. The van der Waals surface area contributed by atoms with Crippen molar-refractivity contribution in [3.63, 3.8) is 0 Å². The summed E-state index contributed by atoms with van der Waals surface area (Å²) in [5.41, 5.74) is -14.6. The van der Waals surface area contributed by atoms with Crippen LogP contribution in [-0.2, 0) is 17.8 Å². The molecule has 0 radical (unpaired) electrons. The van der Waals surface area contributed by atoms with E-state index < -0.39 is 100 Å². The predicted octanol–water partition coefficient (Wildman–Crippen LogP) is 9.24. The smallest absolute Gasteiger partial charge is 0.388 e. The fraction of sp³-hybridized carbons (Fsp3) is 0.684. The topological polar surface area (TPSA) is 20.2 Å². The molecule has 1 aromatic carbocycles. The lowest BCUT2D eigenvalue weighted by molar-refractivity contribution is -0.363. The normalized spacial score (nSPS) is 16.4. The SMILES string of the molecule is CC(C)C(O)c1c(C(F)(F)C(F)(F)C(F)(F)F)cc(C(F)(F)C(F)(F)C(F)(F)F)cc1C(F)(F)C(F)(F)C(F)(F)F. The number of rotatable bonds is 8. The van der Waals surface area contributed by atoms with E-state index in [1.54, 1.807) is 0 Å². The second kappa shape index (κ2) is 9.88. The Labute approximate surface area is 212 Å². The molecule has 1 rings (SSSR count). The summed E-state index contributed by atoms with van der Waals surface area (Å²) >= 11 is 0. The standard InChI is InChI=1S/C19H11F21O/c1-5(2)10(41)9-7(12(22,23)15(28,29)18(35,36)37)3-6(11(20,21)14(26,27)17(32,33)34)4-8(9)13(24,25)16(30,31)19(38,39)40/h3-5,10,41H,1-2H3. The molecule has 0 aliphatic heterocycles. The third-order valence-corrected chi connectivity index (χ3v) is 5.40. The Morgan fingerprint density at radius 3 is 0.927 bits per heavy atom. The van der Waals surface area contributed by atoms with E-state index in [-0.39, 0.29) is 0 Å². The zero-order valence-corrected chi connectivity index (χ0v) is 19.2. The number of aliphatic hydroxyl groups is 1. The molecule has 1 N–H and O–H groups in total. The molecule has 0 saturated carbocycles. The lowest BCUT2D eigenvalue weighted by Crippen LogP contribution is -2.53. The molecule has 41 heavy (non-hydrogen) atoms. The maximum absolute atomic E-state index is 14.6. The Balaban J connectivity index is 4.68. The lowest BCUT2D eigenvalue weighted by Gasteiger charge is -2.37. The number of alkyl halides is 21. The minimum atomic E-state index is -7.69. The molecule has 240 valence electrons. The lowest BCUT2D eigenvalue weighted by atomic mass is 9.80. The van der Waals surface area contributed by atoms with E-state index in [0.29, 0.717) is 13.8 Å².